The maximum Gasteiger partial charge on any atom is 0.236 e. The van der Waals surface area contributed by atoms with Crippen molar-refractivity contribution in [1.29, 1.82) is 0 Å². The zero-order chi connectivity index (χ0) is 12.4. The molecule has 1 fully saturated rings. The number of imide groups is 1. The van der Waals surface area contributed by atoms with Gasteiger partial charge in [0, 0.05) is 23.0 Å². The normalized spacial score (nSPS) is 15.2. The number of carbonyl (C=O) groups excluding carboxylic acids is 2. The molecule has 88 valence electrons. The number of nitrogens with zero attached hydrogens (tertiary/aromatic N) is 1. The molecule has 1 aromatic rings. The molecule has 1 aliphatic heterocycles. The van der Waals surface area contributed by atoms with Crippen LogP contribution in [0, 0.1) is 0 Å². The van der Waals surface area contributed by atoms with Gasteiger partial charge in [-0.25, -0.2) is 4.90 Å². The maximum absolute atomic E-state index is 11.4. The number of hydrogen-bond donors (Lipinski definition) is 1. The molecule has 0 atom stereocenters. The first-order valence-electron chi connectivity index (χ1n) is 5.00. The lowest BCUT2D eigenvalue weighted by Crippen LogP contribution is -2.38. The molecule has 0 aliphatic carbocycles. The average Bonchev–Trinajstić information content (AvgIpc) is 2.62. The fourth-order valence-corrected chi connectivity index (χ4v) is 2.10. The fourth-order valence-electron chi connectivity index (χ4n) is 1.52. The largest absolute Gasteiger partial charge is 0.332 e. The van der Waals surface area contributed by atoms with Crippen LogP contribution in [0.5, 0.6) is 0 Å². The summed E-state index contributed by atoms with van der Waals surface area (Å²) in [5, 5.41) is 3.01. The molecule has 2 rings (SSSR count). The molecule has 1 heterocycles. The van der Waals surface area contributed by atoms with Crippen LogP contribution in [-0.4, -0.2) is 21.8 Å². The number of likely N-dealkylation sites (tertiary alicyclic amines) is 1. The minimum atomic E-state index is -0.246. The van der Waals surface area contributed by atoms with Gasteiger partial charge in [-0.3, -0.25) is 9.59 Å². The van der Waals surface area contributed by atoms with Crippen molar-refractivity contribution in [3.05, 3.63) is 28.7 Å². The van der Waals surface area contributed by atoms with Crippen LogP contribution in [0.25, 0.3) is 0 Å². The lowest BCUT2D eigenvalue weighted by molar-refractivity contribution is -0.133. The minimum absolute atomic E-state index is 0.139. The number of carbonyl (C=O) groups is 2. The van der Waals surface area contributed by atoms with Crippen LogP contribution in [0.2, 0.25) is 0 Å². The van der Waals surface area contributed by atoms with Gasteiger partial charge >= 0.3 is 0 Å². The highest BCUT2D eigenvalue weighted by atomic mass is 79.9. The molecule has 1 N–H and O–H groups in total. The van der Waals surface area contributed by atoms with Gasteiger partial charge in [0.05, 0.1) is 0 Å². The SMILES string of the molecule is O=C1CCC(=O)N1C(=S)Nc1ccc(Br)cc1. The Morgan fingerprint density at radius 1 is 1.18 bits per heavy atom. The summed E-state index contributed by atoms with van der Waals surface area (Å²) in [6.45, 7) is 0. The number of nitrogens with one attached hydrogen (secondary N) is 1. The lowest BCUT2D eigenvalue weighted by Gasteiger charge is -2.16. The van der Waals surface area contributed by atoms with E-state index in [4.69, 9.17) is 12.2 Å². The molecule has 6 heteroatoms. The van der Waals surface area contributed by atoms with E-state index in [-0.39, 0.29) is 29.8 Å². The monoisotopic (exact) mass is 312 g/mol. The number of rotatable bonds is 1. The molecular formula is C11H9BrN2O2S. The standard InChI is InChI=1S/C11H9BrN2O2S/c12-7-1-3-8(4-2-7)13-11(17)14-9(15)5-6-10(14)16/h1-4H,5-6H2,(H,13,17). The van der Waals surface area contributed by atoms with Crippen LogP contribution in [0.4, 0.5) is 5.69 Å². The second-order valence-corrected chi connectivity index (χ2v) is 4.86. The first-order chi connectivity index (χ1) is 8.08. The average molecular weight is 313 g/mol. The molecule has 0 spiro atoms. The van der Waals surface area contributed by atoms with E-state index in [1.165, 1.54) is 0 Å². The van der Waals surface area contributed by atoms with Crippen molar-refractivity contribution in [2.24, 2.45) is 0 Å². The van der Waals surface area contributed by atoms with E-state index in [1.807, 2.05) is 12.1 Å². The number of amides is 2. The van der Waals surface area contributed by atoms with Crippen molar-refractivity contribution in [1.82, 2.24) is 4.90 Å². The van der Waals surface area contributed by atoms with Gasteiger partial charge in [0.1, 0.15) is 0 Å². The third-order valence-electron chi connectivity index (χ3n) is 2.35. The molecule has 4 nitrogen and oxygen atoms in total. The van der Waals surface area contributed by atoms with E-state index in [0.717, 1.165) is 15.1 Å². The van der Waals surface area contributed by atoms with Gasteiger partial charge in [0.15, 0.2) is 5.11 Å². The van der Waals surface area contributed by atoms with Crippen molar-refractivity contribution in [2.45, 2.75) is 12.8 Å². The third-order valence-corrected chi connectivity index (χ3v) is 3.16. The highest BCUT2D eigenvalue weighted by Crippen LogP contribution is 2.17. The van der Waals surface area contributed by atoms with Gasteiger partial charge in [0.25, 0.3) is 0 Å². The van der Waals surface area contributed by atoms with Crippen molar-refractivity contribution >= 4 is 50.8 Å². The molecule has 1 aromatic carbocycles. The Bertz CT molecular complexity index is 471. The van der Waals surface area contributed by atoms with Crippen LogP contribution in [0.3, 0.4) is 0 Å². The molecule has 17 heavy (non-hydrogen) atoms. The number of thiocarbonyl (C=S) groups is 1. The van der Waals surface area contributed by atoms with E-state index in [0.29, 0.717) is 0 Å². The number of anilines is 1. The predicted molar refractivity (Wildman–Crippen MR) is 71.4 cm³/mol. The topological polar surface area (TPSA) is 49.4 Å². The van der Waals surface area contributed by atoms with Crippen LogP contribution >= 0.6 is 28.1 Å². The second kappa shape index (κ2) is 4.93. The van der Waals surface area contributed by atoms with E-state index in [1.54, 1.807) is 12.1 Å². The second-order valence-electron chi connectivity index (χ2n) is 3.56. The zero-order valence-corrected chi connectivity index (χ0v) is 11.2. The van der Waals surface area contributed by atoms with Gasteiger partial charge in [0.2, 0.25) is 11.8 Å². The van der Waals surface area contributed by atoms with Crippen molar-refractivity contribution in [3.8, 4) is 0 Å². The summed E-state index contributed by atoms with van der Waals surface area (Å²) in [5.74, 6) is -0.491. The molecule has 2 amide bonds. The molecule has 0 bridgehead atoms. The number of halogens is 1. The van der Waals surface area contributed by atoms with Crippen LogP contribution in [0.15, 0.2) is 28.7 Å². The summed E-state index contributed by atoms with van der Waals surface area (Å²) in [6, 6.07) is 7.31. The lowest BCUT2D eigenvalue weighted by atomic mass is 10.3. The summed E-state index contributed by atoms with van der Waals surface area (Å²) in [4.78, 5) is 23.9. The Hall–Kier alpha value is -1.27. The summed E-state index contributed by atoms with van der Waals surface area (Å²) < 4.78 is 0.947. The Morgan fingerprint density at radius 2 is 1.71 bits per heavy atom. The molecule has 1 saturated heterocycles. The molecule has 0 unspecified atom stereocenters. The van der Waals surface area contributed by atoms with Crippen molar-refractivity contribution < 1.29 is 9.59 Å². The Balaban J connectivity index is 2.09. The molecule has 1 aliphatic rings. The highest BCUT2D eigenvalue weighted by molar-refractivity contribution is 9.10. The van der Waals surface area contributed by atoms with Gasteiger partial charge in [-0.05, 0) is 36.5 Å². The van der Waals surface area contributed by atoms with E-state index in [2.05, 4.69) is 21.2 Å². The van der Waals surface area contributed by atoms with E-state index >= 15 is 0 Å². The maximum atomic E-state index is 11.4. The molecule has 0 radical (unpaired) electrons. The van der Waals surface area contributed by atoms with Gasteiger partial charge < -0.3 is 5.32 Å². The highest BCUT2D eigenvalue weighted by Gasteiger charge is 2.32. The fraction of sp³-hybridized carbons (Fsp3) is 0.182. The van der Waals surface area contributed by atoms with Gasteiger partial charge in [-0.2, -0.15) is 0 Å². The van der Waals surface area contributed by atoms with Crippen LogP contribution in [-0.2, 0) is 9.59 Å². The Labute approximate surface area is 112 Å². The quantitative estimate of drug-likeness (QED) is 0.638. The van der Waals surface area contributed by atoms with Gasteiger partial charge in [-0.15, -0.1) is 0 Å². The number of hydrogen-bond acceptors (Lipinski definition) is 3. The molecule has 0 aromatic heterocycles. The molecular weight excluding hydrogens is 304 g/mol. The van der Waals surface area contributed by atoms with Crippen molar-refractivity contribution in [2.75, 3.05) is 5.32 Å². The van der Waals surface area contributed by atoms with E-state index < -0.39 is 0 Å². The number of benzene rings is 1. The Kier molecular flexibility index (Phi) is 3.54. The molecule has 0 saturated carbocycles. The first-order valence-corrected chi connectivity index (χ1v) is 6.20. The third kappa shape index (κ3) is 2.70. The smallest absolute Gasteiger partial charge is 0.236 e. The van der Waals surface area contributed by atoms with Crippen LogP contribution < -0.4 is 5.32 Å². The van der Waals surface area contributed by atoms with Gasteiger partial charge in [-0.1, -0.05) is 15.9 Å². The minimum Gasteiger partial charge on any atom is -0.332 e. The van der Waals surface area contributed by atoms with Crippen molar-refractivity contribution in [3.63, 3.8) is 0 Å². The zero-order valence-electron chi connectivity index (χ0n) is 8.77. The first kappa shape index (κ1) is 12.2. The van der Waals surface area contributed by atoms with E-state index in [9.17, 15) is 9.59 Å². The predicted octanol–water partition coefficient (Wildman–Crippen LogP) is 2.29. The summed E-state index contributed by atoms with van der Waals surface area (Å²) in [7, 11) is 0. The van der Waals surface area contributed by atoms with Crippen LogP contribution in [0.1, 0.15) is 12.8 Å². The summed E-state index contributed by atoms with van der Waals surface area (Å²) in [6.07, 6.45) is 0.474. The summed E-state index contributed by atoms with van der Waals surface area (Å²) in [5.41, 5.74) is 0.741. The Morgan fingerprint density at radius 3 is 2.24 bits per heavy atom. The summed E-state index contributed by atoms with van der Waals surface area (Å²) >= 11 is 8.36.